The highest BCUT2D eigenvalue weighted by atomic mass is 32.2. The van der Waals surface area contributed by atoms with Gasteiger partial charge in [0.05, 0.1) is 5.25 Å². The maximum absolute atomic E-state index is 11.8. The lowest BCUT2D eigenvalue weighted by atomic mass is 10.1. The quantitative estimate of drug-likeness (QED) is 0.674. The molecule has 0 bridgehead atoms. The van der Waals surface area contributed by atoms with Crippen LogP contribution < -0.4 is 0 Å². The topological polar surface area (TPSA) is 37.3 Å². The number of halogens is 3. The fourth-order valence-electron chi connectivity index (χ4n) is 1.11. The van der Waals surface area contributed by atoms with Gasteiger partial charge in [-0.1, -0.05) is 12.8 Å². The highest BCUT2D eigenvalue weighted by Crippen LogP contribution is 2.23. The van der Waals surface area contributed by atoms with Crippen molar-refractivity contribution in [2.24, 2.45) is 0 Å². The third-order valence-electron chi connectivity index (χ3n) is 2.07. The summed E-state index contributed by atoms with van der Waals surface area (Å²) in [5.74, 6) is -0.151. The second-order valence-electron chi connectivity index (χ2n) is 3.63. The van der Waals surface area contributed by atoms with E-state index in [-0.39, 0.29) is 6.42 Å². The summed E-state index contributed by atoms with van der Waals surface area (Å²) in [6, 6.07) is 0. The molecule has 2 nitrogen and oxygen atoms in total. The highest BCUT2D eigenvalue weighted by molar-refractivity contribution is 8.00. The molecule has 0 aliphatic heterocycles. The molecule has 1 N–H and O–H groups in total. The zero-order chi connectivity index (χ0) is 12.6. The Morgan fingerprint density at radius 2 is 1.81 bits per heavy atom. The largest absolute Gasteiger partial charge is 0.480 e. The van der Waals surface area contributed by atoms with Crippen LogP contribution in [0.1, 0.15) is 39.0 Å². The average Bonchev–Trinajstić information content (AvgIpc) is 2.14. The summed E-state index contributed by atoms with van der Waals surface area (Å²) in [6.45, 7) is 1.61. The van der Waals surface area contributed by atoms with Gasteiger partial charge in [0.25, 0.3) is 0 Å². The summed E-state index contributed by atoms with van der Waals surface area (Å²) in [6.07, 6.45) is -2.53. The van der Waals surface area contributed by atoms with E-state index in [2.05, 4.69) is 0 Å². The van der Waals surface area contributed by atoms with E-state index in [9.17, 15) is 18.0 Å². The van der Waals surface area contributed by atoms with Crippen LogP contribution in [0, 0.1) is 0 Å². The molecular formula is C10H17F3O2S. The monoisotopic (exact) mass is 258 g/mol. The van der Waals surface area contributed by atoms with Gasteiger partial charge in [0.15, 0.2) is 0 Å². The van der Waals surface area contributed by atoms with Crippen molar-refractivity contribution in [3.63, 3.8) is 0 Å². The van der Waals surface area contributed by atoms with E-state index in [1.807, 2.05) is 0 Å². The Labute approximate surface area is 97.6 Å². The summed E-state index contributed by atoms with van der Waals surface area (Å²) >= 11 is 1.33. The molecule has 0 saturated carbocycles. The van der Waals surface area contributed by atoms with Gasteiger partial charge in [-0.15, -0.1) is 11.8 Å². The smallest absolute Gasteiger partial charge is 0.389 e. The van der Waals surface area contributed by atoms with Crippen LogP contribution in [0.4, 0.5) is 13.2 Å². The number of aliphatic carboxylic acids is 1. The molecule has 0 aromatic heterocycles. The minimum Gasteiger partial charge on any atom is -0.480 e. The maximum atomic E-state index is 11.8. The Hall–Kier alpha value is -0.390. The Morgan fingerprint density at radius 1 is 1.25 bits per heavy atom. The summed E-state index contributed by atoms with van der Waals surface area (Å²) in [5, 5.41) is 8.13. The lowest BCUT2D eigenvalue weighted by molar-refractivity contribution is -0.136. The fraction of sp³-hybridized carbons (Fsp3) is 0.900. The number of hydrogen-bond donors (Lipinski definition) is 1. The third kappa shape index (κ3) is 10.1. The fourth-order valence-corrected chi connectivity index (χ4v) is 1.98. The molecule has 0 saturated heterocycles. The number of alkyl halides is 3. The van der Waals surface area contributed by atoms with Gasteiger partial charge in [0.1, 0.15) is 0 Å². The van der Waals surface area contributed by atoms with E-state index < -0.39 is 23.8 Å². The van der Waals surface area contributed by atoms with Gasteiger partial charge >= 0.3 is 12.1 Å². The summed E-state index contributed by atoms with van der Waals surface area (Å²) in [5.41, 5.74) is 0. The Kier molecular flexibility index (Phi) is 7.62. The number of rotatable bonds is 8. The SMILES string of the molecule is CC(SCCCCCCC(F)(F)F)C(=O)O. The number of carboxylic acid groups (broad SMARTS) is 1. The molecule has 16 heavy (non-hydrogen) atoms. The summed E-state index contributed by atoms with van der Waals surface area (Å²) < 4.78 is 35.3. The molecule has 0 spiro atoms. The number of carbonyl (C=O) groups is 1. The second kappa shape index (κ2) is 7.81. The van der Waals surface area contributed by atoms with Crippen LogP contribution in [-0.4, -0.2) is 28.3 Å². The lowest BCUT2D eigenvalue weighted by Gasteiger charge is -2.07. The zero-order valence-corrected chi connectivity index (χ0v) is 10.0. The molecule has 0 fully saturated rings. The van der Waals surface area contributed by atoms with E-state index >= 15 is 0 Å². The Balaban J connectivity index is 3.25. The molecule has 0 aromatic carbocycles. The van der Waals surface area contributed by atoms with Crippen molar-refractivity contribution in [2.45, 2.75) is 50.5 Å². The molecule has 0 radical (unpaired) electrons. The maximum Gasteiger partial charge on any atom is 0.389 e. The molecule has 1 unspecified atom stereocenters. The second-order valence-corrected chi connectivity index (χ2v) is 5.08. The van der Waals surface area contributed by atoms with Gasteiger partial charge < -0.3 is 5.11 Å². The minimum absolute atomic E-state index is 0.169. The van der Waals surface area contributed by atoms with E-state index in [4.69, 9.17) is 5.11 Å². The van der Waals surface area contributed by atoms with Gasteiger partial charge in [-0.2, -0.15) is 13.2 Å². The molecule has 0 aliphatic rings. The molecule has 6 heteroatoms. The van der Waals surface area contributed by atoms with Crippen molar-refractivity contribution in [1.29, 1.82) is 0 Å². The first-order valence-electron chi connectivity index (χ1n) is 5.24. The number of carboxylic acids is 1. The molecule has 0 aliphatic carbocycles. The molecule has 0 heterocycles. The van der Waals surface area contributed by atoms with Gasteiger partial charge in [-0.3, -0.25) is 4.79 Å². The van der Waals surface area contributed by atoms with E-state index in [1.165, 1.54) is 11.8 Å². The highest BCUT2D eigenvalue weighted by Gasteiger charge is 2.25. The Bertz CT molecular complexity index is 207. The van der Waals surface area contributed by atoms with Crippen LogP contribution in [-0.2, 0) is 4.79 Å². The first-order chi connectivity index (χ1) is 7.33. The van der Waals surface area contributed by atoms with Crippen LogP contribution >= 0.6 is 11.8 Å². The zero-order valence-electron chi connectivity index (χ0n) is 9.22. The standard InChI is InChI=1S/C10H17F3O2S/c1-8(9(14)15)16-7-5-3-2-4-6-10(11,12)13/h8H,2-7H2,1H3,(H,14,15). The van der Waals surface area contributed by atoms with E-state index in [0.717, 1.165) is 12.8 Å². The van der Waals surface area contributed by atoms with Gasteiger partial charge in [-0.05, 0) is 25.5 Å². The number of thioether (sulfide) groups is 1. The van der Waals surface area contributed by atoms with Crippen LogP contribution in [0.2, 0.25) is 0 Å². The average molecular weight is 258 g/mol. The molecule has 0 rings (SSSR count). The number of hydrogen-bond acceptors (Lipinski definition) is 2. The van der Waals surface area contributed by atoms with Gasteiger partial charge in [0.2, 0.25) is 0 Å². The minimum atomic E-state index is -4.05. The van der Waals surface area contributed by atoms with E-state index in [0.29, 0.717) is 12.2 Å². The molecule has 96 valence electrons. The number of unbranched alkanes of at least 4 members (excludes halogenated alkanes) is 3. The molecular weight excluding hydrogens is 241 g/mol. The van der Waals surface area contributed by atoms with Gasteiger partial charge in [-0.25, -0.2) is 0 Å². The lowest BCUT2D eigenvalue weighted by Crippen LogP contribution is -2.11. The van der Waals surface area contributed by atoms with Crippen LogP contribution in [0.25, 0.3) is 0 Å². The van der Waals surface area contributed by atoms with Crippen molar-refractivity contribution < 1.29 is 23.1 Å². The third-order valence-corrected chi connectivity index (χ3v) is 3.30. The van der Waals surface area contributed by atoms with Gasteiger partial charge in [0, 0.05) is 6.42 Å². The van der Waals surface area contributed by atoms with Crippen LogP contribution in [0.3, 0.4) is 0 Å². The van der Waals surface area contributed by atoms with Crippen molar-refractivity contribution in [3.8, 4) is 0 Å². The van der Waals surface area contributed by atoms with Crippen molar-refractivity contribution in [1.82, 2.24) is 0 Å². The molecule has 1 atom stereocenters. The molecule has 0 amide bonds. The summed E-state index contributed by atoms with van der Waals surface area (Å²) in [4.78, 5) is 10.4. The van der Waals surface area contributed by atoms with Crippen LogP contribution in [0.5, 0.6) is 0 Å². The van der Waals surface area contributed by atoms with Crippen molar-refractivity contribution in [3.05, 3.63) is 0 Å². The first kappa shape index (κ1) is 15.6. The van der Waals surface area contributed by atoms with Crippen molar-refractivity contribution >= 4 is 17.7 Å². The summed E-state index contributed by atoms with van der Waals surface area (Å²) in [7, 11) is 0. The Morgan fingerprint density at radius 3 is 2.31 bits per heavy atom. The van der Waals surface area contributed by atoms with Crippen LogP contribution in [0.15, 0.2) is 0 Å². The molecule has 0 aromatic rings. The predicted molar refractivity (Wildman–Crippen MR) is 58.7 cm³/mol. The van der Waals surface area contributed by atoms with E-state index in [1.54, 1.807) is 6.92 Å². The normalized spacial score (nSPS) is 13.8. The predicted octanol–water partition coefficient (Wildman–Crippen LogP) is 3.71. The van der Waals surface area contributed by atoms with Crippen molar-refractivity contribution in [2.75, 3.05) is 5.75 Å². The first-order valence-corrected chi connectivity index (χ1v) is 6.29.